The van der Waals surface area contributed by atoms with Gasteiger partial charge in [0.15, 0.2) is 6.29 Å². The maximum absolute atomic E-state index is 9.83. The summed E-state index contributed by atoms with van der Waals surface area (Å²) in [5, 5.41) is 9.83. The van der Waals surface area contributed by atoms with Gasteiger partial charge in [0.2, 0.25) is 0 Å². The lowest BCUT2D eigenvalue weighted by Gasteiger charge is -2.43. The molecule has 0 spiro atoms. The zero-order valence-electron chi connectivity index (χ0n) is 7.97. The molecule has 1 N–H and O–H groups in total. The molecule has 2 rings (SSSR count). The molecule has 4 nitrogen and oxygen atoms in total. The van der Waals surface area contributed by atoms with Crippen molar-refractivity contribution in [1.29, 1.82) is 0 Å². The molecule has 0 saturated carbocycles. The van der Waals surface area contributed by atoms with Crippen LogP contribution in [0.15, 0.2) is 0 Å². The number of hydrogen-bond donors (Lipinski definition) is 1. The molecule has 2 aliphatic rings. The summed E-state index contributed by atoms with van der Waals surface area (Å²) >= 11 is 0. The Labute approximate surface area is 77.8 Å². The Morgan fingerprint density at radius 1 is 1.15 bits per heavy atom. The van der Waals surface area contributed by atoms with Crippen molar-refractivity contribution in [3.8, 4) is 0 Å². The summed E-state index contributed by atoms with van der Waals surface area (Å²) in [6, 6.07) is 0. The first-order chi connectivity index (χ1) is 6.18. The summed E-state index contributed by atoms with van der Waals surface area (Å²) < 4.78 is 16.3. The molecule has 2 fully saturated rings. The van der Waals surface area contributed by atoms with Crippen LogP contribution in [0.5, 0.6) is 0 Å². The third-order valence-corrected chi connectivity index (χ3v) is 2.70. The SMILES string of the molecule is CC1OCC2OCC(C)[C@@H](O)[C@@H]2O1. The van der Waals surface area contributed by atoms with Crippen LogP contribution in [-0.2, 0) is 14.2 Å². The minimum atomic E-state index is -0.426. The van der Waals surface area contributed by atoms with Crippen molar-refractivity contribution in [2.24, 2.45) is 5.92 Å². The molecule has 5 atom stereocenters. The van der Waals surface area contributed by atoms with Gasteiger partial charge in [-0.25, -0.2) is 0 Å². The van der Waals surface area contributed by atoms with Crippen LogP contribution in [0, 0.1) is 5.92 Å². The van der Waals surface area contributed by atoms with Crippen molar-refractivity contribution in [2.45, 2.75) is 38.4 Å². The summed E-state index contributed by atoms with van der Waals surface area (Å²) in [5.74, 6) is 0.145. The largest absolute Gasteiger partial charge is 0.390 e. The van der Waals surface area contributed by atoms with E-state index >= 15 is 0 Å². The van der Waals surface area contributed by atoms with Crippen molar-refractivity contribution in [1.82, 2.24) is 0 Å². The average molecular weight is 188 g/mol. The van der Waals surface area contributed by atoms with Crippen LogP contribution in [0.1, 0.15) is 13.8 Å². The van der Waals surface area contributed by atoms with Gasteiger partial charge < -0.3 is 19.3 Å². The first-order valence-corrected chi connectivity index (χ1v) is 4.75. The highest BCUT2D eigenvalue weighted by atomic mass is 16.7. The van der Waals surface area contributed by atoms with E-state index in [4.69, 9.17) is 14.2 Å². The van der Waals surface area contributed by atoms with Crippen LogP contribution in [0.25, 0.3) is 0 Å². The lowest BCUT2D eigenvalue weighted by molar-refractivity contribution is -0.298. The van der Waals surface area contributed by atoms with Gasteiger partial charge in [-0.2, -0.15) is 0 Å². The van der Waals surface area contributed by atoms with Gasteiger partial charge in [0.25, 0.3) is 0 Å². The van der Waals surface area contributed by atoms with Crippen LogP contribution in [-0.4, -0.2) is 42.9 Å². The molecule has 2 saturated heterocycles. The second-order valence-electron chi connectivity index (χ2n) is 3.84. The number of hydrogen-bond acceptors (Lipinski definition) is 4. The van der Waals surface area contributed by atoms with E-state index in [-0.39, 0.29) is 24.4 Å². The third kappa shape index (κ3) is 1.72. The molecule has 0 radical (unpaired) electrons. The second-order valence-corrected chi connectivity index (χ2v) is 3.84. The van der Waals surface area contributed by atoms with E-state index in [1.54, 1.807) is 0 Å². The predicted octanol–water partition coefficient (Wildman–Crippen LogP) is 0.144. The molecule has 0 aromatic rings. The second kappa shape index (κ2) is 3.53. The first kappa shape index (κ1) is 9.40. The van der Waals surface area contributed by atoms with Crippen molar-refractivity contribution in [3.63, 3.8) is 0 Å². The van der Waals surface area contributed by atoms with Gasteiger partial charge in [-0.1, -0.05) is 6.92 Å². The summed E-state index contributed by atoms with van der Waals surface area (Å²) in [7, 11) is 0. The fourth-order valence-corrected chi connectivity index (χ4v) is 1.81. The van der Waals surface area contributed by atoms with Crippen molar-refractivity contribution in [3.05, 3.63) is 0 Å². The van der Waals surface area contributed by atoms with E-state index in [1.165, 1.54) is 0 Å². The highest BCUT2D eigenvalue weighted by molar-refractivity contribution is 4.88. The lowest BCUT2D eigenvalue weighted by atomic mass is 9.93. The molecule has 0 bridgehead atoms. The summed E-state index contributed by atoms with van der Waals surface area (Å²) in [4.78, 5) is 0. The molecule has 3 unspecified atom stereocenters. The van der Waals surface area contributed by atoms with Gasteiger partial charge in [0.1, 0.15) is 12.2 Å². The van der Waals surface area contributed by atoms with Gasteiger partial charge in [0.05, 0.1) is 19.3 Å². The van der Waals surface area contributed by atoms with Crippen molar-refractivity contribution in [2.75, 3.05) is 13.2 Å². The van der Waals surface area contributed by atoms with Crippen LogP contribution in [0.2, 0.25) is 0 Å². The Hall–Kier alpha value is -0.160. The topological polar surface area (TPSA) is 47.9 Å². The van der Waals surface area contributed by atoms with Gasteiger partial charge >= 0.3 is 0 Å². The summed E-state index contributed by atoms with van der Waals surface area (Å²) in [6.45, 7) is 4.91. The number of fused-ring (bicyclic) bond motifs is 1. The van der Waals surface area contributed by atoms with Crippen molar-refractivity contribution < 1.29 is 19.3 Å². The molecule has 0 aliphatic carbocycles. The molecule has 0 aromatic heterocycles. The molecule has 4 heteroatoms. The molecular formula is C9H16O4. The Kier molecular flexibility index (Phi) is 2.55. The Bertz CT molecular complexity index is 180. The van der Waals surface area contributed by atoms with Crippen LogP contribution >= 0.6 is 0 Å². The Morgan fingerprint density at radius 3 is 2.69 bits per heavy atom. The van der Waals surface area contributed by atoms with E-state index in [9.17, 15) is 5.11 Å². The predicted molar refractivity (Wildman–Crippen MR) is 45.2 cm³/mol. The van der Waals surface area contributed by atoms with Crippen LogP contribution in [0.4, 0.5) is 0 Å². The maximum Gasteiger partial charge on any atom is 0.155 e. The van der Waals surface area contributed by atoms with Gasteiger partial charge in [-0.15, -0.1) is 0 Å². The zero-order valence-corrected chi connectivity index (χ0v) is 7.97. The number of rotatable bonds is 0. The monoisotopic (exact) mass is 188 g/mol. The van der Waals surface area contributed by atoms with Crippen LogP contribution in [0.3, 0.4) is 0 Å². The molecule has 2 aliphatic heterocycles. The van der Waals surface area contributed by atoms with Crippen LogP contribution < -0.4 is 0 Å². The smallest absolute Gasteiger partial charge is 0.155 e. The third-order valence-electron chi connectivity index (χ3n) is 2.70. The molecular weight excluding hydrogens is 172 g/mol. The fourth-order valence-electron chi connectivity index (χ4n) is 1.81. The fraction of sp³-hybridized carbons (Fsp3) is 1.00. The van der Waals surface area contributed by atoms with Gasteiger partial charge in [-0.05, 0) is 6.92 Å². The number of aliphatic hydroxyl groups excluding tert-OH is 1. The first-order valence-electron chi connectivity index (χ1n) is 4.75. The standard InChI is InChI=1S/C9H16O4/c1-5-3-12-7-4-11-6(2)13-9(7)8(5)10/h5-10H,3-4H2,1-2H3/t5?,6?,7?,8-,9-/m1/s1. The summed E-state index contributed by atoms with van der Waals surface area (Å²) in [5.41, 5.74) is 0. The van der Waals surface area contributed by atoms with Crippen molar-refractivity contribution >= 4 is 0 Å². The minimum Gasteiger partial charge on any atom is -0.390 e. The van der Waals surface area contributed by atoms with E-state index in [1.807, 2.05) is 13.8 Å². The quantitative estimate of drug-likeness (QED) is 0.587. The maximum atomic E-state index is 9.83. The van der Waals surface area contributed by atoms with E-state index in [0.717, 1.165) is 0 Å². The lowest BCUT2D eigenvalue weighted by Crippen LogP contribution is -2.56. The number of aliphatic hydroxyl groups is 1. The summed E-state index contributed by atoms with van der Waals surface area (Å²) in [6.07, 6.45) is -0.968. The van der Waals surface area contributed by atoms with E-state index in [0.29, 0.717) is 13.2 Å². The number of ether oxygens (including phenoxy) is 3. The molecule has 13 heavy (non-hydrogen) atoms. The highest BCUT2D eigenvalue weighted by Crippen LogP contribution is 2.27. The van der Waals surface area contributed by atoms with E-state index < -0.39 is 6.10 Å². The highest BCUT2D eigenvalue weighted by Gasteiger charge is 2.42. The van der Waals surface area contributed by atoms with Gasteiger partial charge in [-0.3, -0.25) is 0 Å². The van der Waals surface area contributed by atoms with Gasteiger partial charge in [0, 0.05) is 5.92 Å². The molecule has 76 valence electrons. The molecule has 2 heterocycles. The minimum absolute atomic E-state index is 0.0950. The average Bonchev–Trinajstić information content (AvgIpc) is 2.12. The molecule has 0 aromatic carbocycles. The normalized spacial score (nSPS) is 51.5. The Morgan fingerprint density at radius 2 is 1.92 bits per heavy atom. The Balaban J connectivity index is 2.04. The zero-order chi connectivity index (χ0) is 9.42. The van der Waals surface area contributed by atoms with E-state index in [2.05, 4.69) is 0 Å². The molecule has 0 amide bonds.